The van der Waals surface area contributed by atoms with E-state index in [4.69, 9.17) is 0 Å². The van der Waals surface area contributed by atoms with Crippen molar-refractivity contribution in [1.82, 2.24) is 5.43 Å². The van der Waals surface area contributed by atoms with Crippen LogP contribution in [-0.2, 0) is 0 Å². The van der Waals surface area contributed by atoms with Gasteiger partial charge < -0.3 is 5.11 Å². The molecule has 1 amide bonds. The van der Waals surface area contributed by atoms with Crippen LogP contribution in [-0.4, -0.2) is 17.0 Å². The fourth-order valence-electron chi connectivity index (χ4n) is 1.62. The minimum absolute atomic E-state index is 0.00515. The quantitative estimate of drug-likeness (QED) is 0.510. The first kappa shape index (κ1) is 15.6. The summed E-state index contributed by atoms with van der Waals surface area (Å²) in [4.78, 5) is 21.9. The molecular weight excluding hydrogens is 354 g/mol. The fourth-order valence-corrected chi connectivity index (χ4v) is 2.08. The lowest BCUT2D eigenvalue weighted by Gasteiger charge is -2.12. The largest absolute Gasteiger partial charge is 0.871 e. The van der Waals surface area contributed by atoms with E-state index < -0.39 is 16.6 Å². The molecule has 2 rings (SSSR count). The summed E-state index contributed by atoms with van der Waals surface area (Å²) in [5.74, 6) is -0.905. The lowest BCUT2D eigenvalue weighted by Crippen LogP contribution is -2.17. The number of amides is 1. The predicted molar refractivity (Wildman–Crippen MR) is 81.7 cm³/mol. The third-order valence-corrected chi connectivity index (χ3v) is 3.26. The number of rotatable bonds is 4. The topological polar surface area (TPSA) is 108 Å². The summed E-state index contributed by atoms with van der Waals surface area (Å²) < 4.78 is 0.0533. The van der Waals surface area contributed by atoms with Gasteiger partial charge >= 0.3 is 0 Å². The molecule has 22 heavy (non-hydrogen) atoms. The number of carbonyl (C=O) groups excluding carboxylic acids is 1. The van der Waals surface area contributed by atoms with Gasteiger partial charge in [0.25, 0.3) is 11.6 Å². The molecule has 0 aliphatic heterocycles. The first-order valence-electron chi connectivity index (χ1n) is 6.02. The van der Waals surface area contributed by atoms with Crippen molar-refractivity contribution in [1.29, 1.82) is 0 Å². The highest BCUT2D eigenvalue weighted by molar-refractivity contribution is 9.10. The molecule has 0 spiro atoms. The Kier molecular flexibility index (Phi) is 4.84. The number of hydrazone groups is 1. The van der Waals surface area contributed by atoms with Gasteiger partial charge in [0.15, 0.2) is 0 Å². The number of benzene rings is 2. The molecule has 2 aromatic rings. The number of nitro groups is 1. The van der Waals surface area contributed by atoms with Crippen LogP contribution in [0.5, 0.6) is 5.75 Å². The minimum Gasteiger partial charge on any atom is -0.871 e. The Bertz CT molecular complexity index is 747. The Hall–Kier alpha value is -2.74. The Morgan fingerprint density at radius 3 is 2.59 bits per heavy atom. The van der Waals surface area contributed by atoms with Crippen LogP contribution in [0.3, 0.4) is 0 Å². The van der Waals surface area contributed by atoms with Crippen molar-refractivity contribution in [2.75, 3.05) is 0 Å². The molecule has 112 valence electrons. The van der Waals surface area contributed by atoms with Gasteiger partial charge in [0, 0.05) is 22.2 Å². The van der Waals surface area contributed by atoms with Crippen LogP contribution in [0.15, 0.2) is 52.0 Å². The van der Waals surface area contributed by atoms with Crippen LogP contribution < -0.4 is 10.5 Å². The number of nitrogens with zero attached hydrogens (tertiary/aromatic N) is 2. The molecule has 0 saturated carbocycles. The van der Waals surface area contributed by atoms with E-state index in [1.807, 2.05) is 0 Å². The number of halogens is 1. The van der Waals surface area contributed by atoms with E-state index in [1.165, 1.54) is 0 Å². The number of carbonyl (C=O) groups is 1. The monoisotopic (exact) mass is 362 g/mol. The van der Waals surface area contributed by atoms with Crippen LogP contribution in [0.25, 0.3) is 0 Å². The zero-order chi connectivity index (χ0) is 16.1. The van der Waals surface area contributed by atoms with Crippen molar-refractivity contribution < 1.29 is 14.8 Å². The molecule has 0 atom stereocenters. The summed E-state index contributed by atoms with van der Waals surface area (Å²) in [6.45, 7) is 0. The maximum atomic E-state index is 11.8. The zero-order valence-electron chi connectivity index (χ0n) is 11.0. The molecule has 0 fully saturated rings. The second kappa shape index (κ2) is 6.81. The van der Waals surface area contributed by atoms with Crippen LogP contribution in [0.1, 0.15) is 15.9 Å². The maximum Gasteiger partial charge on any atom is 0.271 e. The van der Waals surface area contributed by atoms with Gasteiger partial charge in [-0.2, -0.15) is 5.10 Å². The molecule has 0 aromatic heterocycles. The van der Waals surface area contributed by atoms with Crippen LogP contribution in [0, 0.1) is 10.1 Å². The average Bonchev–Trinajstić information content (AvgIpc) is 2.51. The van der Waals surface area contributed by atoms with Crippen molar-refractivity contribution >= 4 is 33.7 Å². The number of nitro benzene ring substituents is 1. The number of hydrogen-bond acceptors (Lipinski definition) is 5. The zero-order valence-corrected chi connectivity index (χ0v) is 12.6. The highest BCUT2D eigenvalue weighted by atomic mass is 79.9. The highest BCUT2D eigenvalue weighted by Crippen LogP contribution is 2.29. The predicted octanol–water partition coefficient (Wildman–Crippen LogP) is 2.19. The van der Waals surface area contributed by atoms with E-state index in [2.05, 4.69) is 26.5 Å². The molecule has 7 nitrogen and oxygen atoms in total. The lowest BCUT2D eigenvalue weighted by molar-refractivity contribution is -0.385. The maximum absolute atomic E-state index is 11.8. The summed E-state index contributed by atoms with van der Waals surface area (Å²) in [6, 6.07) is 10.6. The van der Waals surface area contributed by atoms with E-state index in [1.54, 1.807) is 30.3 Å². The third kappa shape index (κ3) is 3.67. The summed E-state index contributed by atoms with van der Waals surface area (Å²) >= 11 is 2.96. The molecule has 8 heteroatoms. The van der Waals surface area contributed by atoms with Crippen LogP contribution in [0.4, 0.5) is 5.69 Å². The number of non-ortho nitro benzene ring substituents is 1. The van der Waals surface area contributed by atoms with Crippen molar-refractivity contribution in [3.8, 4) is 5.75 Å². The van der Waals surface area contributed by atoms with E-state index >= 15 is 0 Å². The van der Waals surface area contributed by atoms with Gasteiger partial charge in [-0.05, 0) is 17.7 Å². The van der Waals surface area contributed by atoms with Crippen molar-refractivity contribution in [3.63, 3.8) is 0 Å². The molecular formula is C14H9BrN3O4-. The smallest absolute Gasteiger partial charge is 0.271 e. The third-order valence-electron chi connectivity index (χ3n) is 2.67. The Morgan fingerprint density at radius 2 is 1.95 bits per heavy atom. The highest BCUT2D eigenvalue weighted by Gasteiger charge is 2.09. The first-order valence-corrected chi connectivity index (χ1v) is 6.81. The van der Waals surface area contributed by atoms with Gasteiger partial charge in [0.1, 0.15) is 0 Å². The van der Waals surface area contributed by atoms with Crippen LogP contribution >= 0.6 is 15.9 Å². The van der Waals surface area contributed by atoms with E-state index in [9.17, 15) is 20.0 Å². The Balaban J connectivity index is 2.17. The minimum atomic E-state index is -0.621. The fraction of sp³-hybridized carbons (Fsp3) is 0. The summed E-state index contributed by atoms with van der Waals surface area (Å²) in [7, 11) is 0. The second-order valence-electron chi connectivity index (χ2n) is 4.17. The number of nitrogens with one attached hydrogen (secondary N) is 1. The standard InChI is InChI=1S/C14H10BrN3O4/c15-12-7-11(18(21)22)6-10(13(12)19)8-16-17-14(20)9-4-2-1-3-5-9/h1-8,19H,(H,17,20)/p-1/b16-8-. The summed E-state index contributed by atoms with van der Waals surface area (Å²) in [5, 5.41) is 26.2. The molecule has 0 saturated heterocycles. The summed E-state index contributed by atoms with van der Waals surface area (Å²) in [6.07, 6.45) is 1.07. The first-order chi connectivity index (χ1) is 10.5. The van der Waals surface area contributed by atoms with Gasteiger partial charge in [-0.3, -0.25) is 14.9 Å². The van der Waals surface area contributed by atoms with Gasteiger partial charge in [-0.1, -0.05) is 39.9 Å². The molecule has 0 bridgehead atoms. The molecule has 0 radical (unpaired) electrons. The molecule has 0 aliphatic carbocycles. The molecule has 0 heterocycles. The van der Waals surface area contributed by atoms with E-state index in [0.717, 1.165) is 18.3 Å². The lowest BCUT2D eigenvalue weighted by atomic mass is 10.2. The SMILES string of the molecule is O=C(N/N=C\c1cc([N+](=O)[O-])cc(Br)c1[O-])c1ccccc1. The number of hydrogen-bond donors (Lipinski definition) is 1. The van der Waals surface area contributed by atoms with Crippen molar-refractivity contribution in [2.45, 2.75) is 0 Å². The van der Waals surface area contributed by atoms with E-state index in [-0.39, 0.29) is 15.7 Å². The molecule has 0 aliphatic rings. The molecule has 1 N–H and O–H groups in total. The molecule has 0 unspecified atom stereocenters. The molecule has 2 aromatic carbocycles. The normalized spacial score (nSPS) is 10.6. The van der Waals surface area contributed by atoms with Gasteiger partial charge in [-0.15, -0.1) is 0 Å². The Labute approximate surface area is 133 Å². The van der Waals surface area contributed by atoms with Crippen molar-refractivity contribution in [2.24, 2.45) is 5.10 Å². The van der Waals surface area contributed by atoms with Gasteiger partial charge in [-0.25, -0.2) is 5.43 Å². The van der Waals surface area contributed by atoms with Crippen LogP contribution in [0.2, 0.25) is 0 Å². The average molecular weight is 363 g/mol. The summed E-state index contributed by atoms with van der Waals surface area (Å²) in [5.41, 5.74) is 2.40. The Morgan fingerprint density at radius 1 is 1.27 bits per heavy atom. The van der Waals surface area contributed by atoms with Gasteiger partial charge in [0.05, 0.1) is 11.1 Å². The van der Waals surface area contributed by atoms with E-state index in [0.29, 0.717) is 5.56 Å². The van der Waals surface area contributed by atoms with Gasteiger partial charge in [0.2, 0.25) is 0 Å². The van der Waals surface area contributed by atoms with Crippen molar-refractivity contribution in [3.05, 3.63) is 68.2 Å². The second-order valence-corrected chi connectivity index (χ2v) is 5.02.